The third-order valence-electron chi connectivity index (χ3n) is 7.38. The van der Waals surface area contributed by atoms with Crippen molar-refractivity contribution in [3.05, 3.63) is 138 Å². The highest BCUT2D eigenvalue weighted by molar-refractivity contribution is 5.94. The van der Waals surface area contributed by atoms with Crippen LogP contribution < -0.4 is 0 Å². The van der Waals surface area contributed by atoms with E-state index in [0.29, 0.717) is 0 Å². The van der Waals surface area contributed by atoms with E-state index in [-0.39, 0.29) is 5.41 Å². The van der Waals surface area contributed by atoms with Crippen LogP contribution in [0.4, 0.5) is 0 Å². The molecule has 0 saturated heterocycles. The Labute approximate surface area is 193 Å². The van der Waals surface area contributed by atoms with Gasteiger partial charge in [0, 0.05) is 22.0 Å². The second-order valence-corrected chi connectivity index (χ2v) is 9.10. The Kier molecular flexibility index (Phi) is 3.89. The minimum Gasteiger partial charge on any atom is -0.355 e. The maximum absolute atomic E-state index is 3.64. The average Bonchev–Trinajstić information content (AvgIpc) is 3.25. The van der Waals surface area contributed by atoms with Gasteiger partial charge in [-0.15, -0.1) is 0 Å². The van der Waals surface area contributed by atoms with Crippen LogP contribution in [0.15, 0.2) is 115 Å². The number of para-hydroxylation sites is 1. The first kappa shape index (κ1) is 18.5. The van der Waals surface area contributed by atoms with E-state index < -0.39 is 0 Å². The molecule has 0 fully saturated rings. The molecule has 0 bridgehead atoms. The number of fused-ring (bicyclic) bond motifs is 5. The summed E-state index contributed by atoms with van der Waals surface area (Å²) in [7, 11) is 0. The van der Waals surface area contributed by atoms with Crippen molar-refractivity contribution >= 4 is 38.5 Å². The van der Waals surface area contributed by atoms with Crippen molar-refractivity contribution in [1.29, 1.82) is 0 Å². The first-order valence-electron chi connectivity index (χ1n) is 11.6. The zero-order chi connectivity index (χ0) is 21.8. The average molecular weight is 422 g/mol. The second-order valence-electron chi connectivity index (χ2n) is 9.10. The number of aromatic amines is 1. The monoisotopic (exact) mass is 421 g/mol. The highest BCUT2D eigenvalue weighted by atomic mass is 14.7. The molecule has 33 heavy (non-hydrogen) atoms. The van der Waals surface area contributed by atoms with Crippen molar-refractivity contribution in [1.82, 2.24) is 4.98 Å². The van der Waals surface area contributed by atoms with Crippen LogP contribution in [0, 0.1) is 0 Å². The van der Waals surface area contributed by atoms with Crippen LogP contribution >= 0.6 is 0 Å². The molecule has 1 aliphatic rings. The smallest absolute Gasteiger partial charge is 0.0461 e. The summed E-state index contributed by atoms with van der Waals surface area (Å²) in [6, 6.07) is 39.8. The number of rotatable bonds is 2. The minimum atomic E-state index is -0.264. The predicted molar refractivity (Wildman–Crippen MR) is 140 cm³/mol. The summed E-state index contributed by atoms with van der Waals surface area (Å²) >= 11 is 0. The SMILES string of the molecule is C1=CC(c2cccc3ccccc23)(c2cccc3ccccc23)Cc2c1[nH]c1ccccc21. The van der Waals surface area contributed by atoms with Gasteiger partial charge in [-0.2, -0.15) is 0 Å². The molecule has 5 aromatic carbocycles. The van der Waals surface area contributed by atoms with Gasteiger partial charge in [-0.25, -0.2) is 0 Å². The largest absolute Gasteiger partial charge is 0.355 e. The molecule has 1 heteroatoms. The van der Waals surface area contributed by atoms with Gasteiger partial charge in [-0.3, -0.25) is 0 Å². The number of benzene rings is 5. The summed E-state index contributed by atoms with van der Waals surface area (Å²) in [6.45, 7) is 0. The molecular formula is C32H23N. The Bertz CT molecular complexity index is 1610. The number of aromatic nitrogens is 1. The third kappa shape index (κ3) is 2.66. The molecule has 6 aromatic rings. The molecule has 1 N–H and O–H groups in total. The quantitative estimate of drug-likeness (QED) is 0.291. The second kappa shape index (κ2) is 6.95. The van der Waals surface area contributed by atoms with E-state index in [2.05, 4.69) is 126 Å². The van der Waals surface area contributed by atoms with E-state index in [1.165, 1.54) is 54.8 Å². The van der Waals surface area contributed by atoms with Crippen LogP contribution in [0.5, 0.6) is 0 Å². The molecule has 1 aromatic heterocycles. The molecule has 0 radical (unpaired) electrons. The lowest BCUT2D eigenvalue weighted by Crippen LogP contribution is -2.31. The summed E-state index contributed by atoms with van der Waals surface area (Å²) in [5.41, 5.74) is 6.30. The minimum absolute atomic E-state index is 0.264. The van der Waals surface area contributed by atoms with Crippen molar-refractivity contribution in [2.75, 3.05) is 0 Å². The molecule has 0 aliphatic heterocycles. The zero-order valence-electron chi connectivity index (χ0n) is 18.3. The summed E-state index contributed by atoms with van der Waals surface area (Å²) < 4.78 is 0. The van der Waals surface area contributed by atoms with Gasteiger partial charge in [-0.05, 0) is 56.8 Å². The number of H-pyrrole nitrogens is 1. The highest BCUT2D eigenvalue weighted by Crippen LogP contribution is 2.47. The van der Waals surface area contributed by atoms with Gasteiger partial charge >= 0.3 is 0 Å². The highest BCUT2D eigenvalue weighted by Gasteiger charge is 2.38. The lowest BCUT2D eigenvalue weighted by molar-refractivity contribution is 0.647. The molecule has 1 heterocycles. The van der Waals surface area contributed by atoms with Gasteiger partial charge in [0.15, 0.2) is 0 Å². The Morgan fingerprint density at radius 1 is 0.545 bits per heavy atom. The fourth-order valence-electron chi connectivity index (χ4n) is 5.86. The van der Waals surface area contributed by atoms with Crippen molar-refractivity contribution in [2.24, 2.45) is 0 Å². The normalized spacial score (nSPS) is 14.7. The van der Waals surface area contributed by atoms with Crippen LogP contribution in [0.1, 0.15) is 22.4 Å². The van der Waals surface area contributed by atoms with Gasteiger partial charge in [-0.1, -0.05) is 109 Å². The Hall–Kier alpha value is -4.10. The zero-order valence-corrected chi connectivity index (χ0v) is 18.3. The topological polar surface area (TPSA) is 15.8 Å². The first-order valence-corrected chi connectivity index (χ1v) is 11.6. The Balaban J connectivity index is 1.60. The molecule has 1 nitrogen and oxygen atoms in total. The van der Waals surface area contributed by atoms with Crippen molar-refractivity contribution in [3.8, 4) is 0 Å². The Morgan fingerprint density at radius 2 is 1.09 bits per heavy atom. The first-order chi connectivity index (χ1) is 16.3. The molecule has 0 saturated carbocycles. The van der Waals surface area contributed by atoms with E-state index in [1.807, 2.05) is 0 Å². The van der Waals surface area contributed by atoms with Crippen molar-refractivity contribution in [3.63, 3.8) is 0 Å². The van der Waals surface area contributed by atoms with Gasteiger partial charge in [0.25, 0.3) is 0 Å². The lowest BCUT2D eigenvalue weighted by atomic mass is 9.65. The summed E-state index contributed by atoms with van der Waals surface area (Å²) in [5, 5.41) is 6.53. The summed E-state index contributed by atoms with van der Waals surface area (Å²) in [6.07, 6.45) is 5.67. The Morgan fingerprint density at radius 3 is 1.76 bits per heavy atom. The number of hydrogen-bond acceptors (Lipinski definition) is 0. The molecule has 0 unspecified atom stereocenters. The molecule has 0 spiro atoms. The number of nitrogens with one attached hydrogen (secondary N) is 1. The predicted octanol–water partition coefficient (Wildman–Crippen LogP) is 8.03. The van der Waals surface area contributed by atoms with Gasteiger partial charge in [0.1, 0.15) is 0 Å². The van der Waals surface area contributed by atoms with E-state index in [4.69, 9.17) is 0 Å². The van der Waals surface area contributed by atoms with E-state index in [0.717, 1.165) is 6.42 Å². The number of hydrogen-bond donors (Lipinski definition) is 1. The van der Waals surface area contributed by atoms with Gasteiger partial charge in [0.05, 0.1) is 0 Å². The maximum Gasteiger partial charge on any atom is 0.0461 e. The summed E-state index contributed by atoms with van der Waals surface area (Å²) in [4.78, 5) is 3.64. The van der Waals surface area contributed by atoms with E-state index in [1.54, 1.807) is 0 Å². The van der Waals surface area contributed by atoms with Gasteiger partial charge in [0.2, 0.25) is 0 Å². The molecular weight excluding hydrogens is 398 g/mol. The maximum atomic E-state index is 3.64. The van der Waals surface area contributed by atoms with Crippen molar-refractivity contribution in [2.45, 2.75) is 11.8 Å². The molecule has 1 aliphatic carbocycles. The summed E-state index contributed by atoms with van der Waals surface area (Å²) in [5.74, 6) is 0. The molecule has 7 rings (SSSR count). The van der Waals surface area contributed by atoms with Gasteiger partial charge < -0.3 is 4.98 Å². The van der Waals surface area contributed by atoms with Crippen molar-refractivity contribution < 1.29 is 0 Å². The van der Waals surface area contributed by atoms with Crippen LogP contribution in [-0.4, -0.2) is 4.98 Å². The molecule has 156 valence electrons. The lowest BCUT2D eigenvalue weighted by Gasteiger charge is -2.36. The molecule has 0 amide bonds. The van der Waals surface area contributed by atoms with Crippen LogP contribution in [0.3, 0.4) is 0 Å². The molecule has 0 atom stereocenters. The number of allylic oxidation sites excluding steroid dienone is 1. The van der Waals surface area contributed by atoms with Crippen LogP contribution in [-0.2, 0) is 11.8 Å². The van der Waals surface area contributed by atoms with E-state index in [9.17, 15) is 0 Å². The standard InChI is InChI=1S/C32H23N/c1-3-13-24-22(9-1)11-7-16-28(24)32(29-17-8-12-23-10-2-4-14-25(23)29)20-19-31-27(21-32)26-15-5-6-18-30(26)33-31/h1-20,33H,21H2. The fourth-order valence-corrected chi connectivity index (χ4v) is 5.86. The third-order valence-corrected chi connectivity index (χ3v) is 7.38. The van der Waals surface area contributed by atoms with E-state index >= 15 is 0 Å². The van der Waals surface area contributed by atoms with Crippen LogP contribution in [0.2, 0.25) is 0 Å². The van der Waals surface area contributed by atoms with Crippen LogP contribution in [0.25, 0.3) is 38.5 Å². The fraction of sp³-hybridized carbons (Fsp3) is 0.0625.